The Morgan fingerprint density at radius 3 is 2.55 bits per heavy atom. The lowest BCUT2D eigenvalue weighted by atomic mass is 10.0. The average molecular weight is 284 g/mol. The van der Waals surface area contributed by atoms with E-state index < -0.39 is 5.79 Å². The fraction of sp³-hybridized carbons (Fsp3) is 0.933. The van der Waals surface area contributed by atoms with Crippen LogP contribution in [0.2, 0.25) is 0 Å². The number of carbonyl (C=O) groups excluding carboxylic acids is 1. The Morgan fingerprint density at radius 2 is 1.95 bits per heavy atom. The molecule has 5 heteroatoms. The van der Waals surface area contributed by atoms with E-state index in [4.69, 9.17) is 9.47 Å². The van der Waals surface area contributed by atoms with Crippen molar-refractivity contribution in [1.82, 2.24) is 10.2 Å². The molecule has 20 heavy (non-hydrogen) atoms. The molecule has 2 rings (SSSR count). The molecule has 1 amide bonds. The summed E-state index contributed by atoms with van der Waals surface area (Å²) >= 11 is 0. The van der Waals surface area contributed by atoms with Gasteiger partial charge in [0.05, 0.1) is 25.8 Å². The number of piperidine rings is 1. The van der Waals surface area contributed by atoms with Gasteiger partial charge in [0.2, 0.25) is 5.91 Å². The maximum absolute atomic E-state index is 12.3. The second-order valence-corrected chi connectivity index (χ2v) is 5.88. The van der Waals surface area contributed by atoms with E-state index in [9.17, 15) is 4.79 Å². The van der Waals surface area contributed by atoms with E-state index in [1.807, 2.05) is 6.92 Å². The van der Waals surface area contributed by atoms with E-state index in [1.54, 1.807) is 0 Å². The number of ether oxygens (including phenoxy) is 2. The van der Waals surface area contributed by atoms with Gasteiger partial charge in [0.1, 0.15) is 0 Å². The van der Waals surface area contributed by atoms with Crippen molar-refractivity contribution < 1.29 is 14.3 Å². The topological polar surface area (TPSA) is 50.8 Å². The Labute approximate surface area is 122 Å². The molecule has 0 aromatic rings. The van der Waals surface area contributed by atoms with Gasteiger partial charge in [-0.15, -0.1) is 0 Å². The first kappa shape index (κ1) is 15.7. The van der Waals surface area contributed by atoms with Crippen LogP contribution in [0.4, 0.5) is 0 Å². The van der Waals surface area contributed by atoms with Gasteiger partial charge in [-0.3, -0.25) is 9.69 Å². The van der Waals surface area contributed by atoms with Crippen LogP contribution in [0.3, 0.4) is 0 Å². The standard InChI is InChI=1S/C15H28N2O3/c1-4-13(5-2)16-14(18)12(3)17-8-6-7-15(11-17)19-9-10-20-15/h12-13H,4-11H2,1-3H3,(H,16,18). The van der Waals surface area contributed by atoms with Crippen molar-refractivity contribution >= 4 is 5.91 Å². The minimum Gasteiger partial charge on any atom is -0.352 e. The number of amides is 1. The number of likely N-dealkylation sites (tertiary alicyclic amines) is 1. The molecule has 0 radical (unpaired) electrons. The summed E-state index contributed by atoms with van der Waals surface area (Å²) in [6.07, 6.45) is 3.91. The van der Waals surface area contributed by atoms with Crippen molar-refractivity contribution in [3.05, 3.63) is 0 Å². The van der Waals surface area contributed by atoms with Gasteiger partial charge in [-0.05, 0) is 32.7 Å². The van der Waals surface area contributed by atoms with E-state index >= 15 is 0 Å². The van der Waals surface area contributed by atoms with E-state index in [0.29, 0.717) is 19.8 Å². The maximum Gasteiger partial charge on any atom is 0.237 e. The number of hydrogen-bond acceptors (Lipinski definition) is 4. The molecule has 0 saturated carbocycles. The summed E-state index contributed by atoms with van der Waals surface area (Å²) in [6, 6.07) is 0.156. The molecule has 2 aliphatic rings. The zero-order chi connectivity index (χ0) is 14.6. The van der Waals surface area contributed by atoms with Crippen LogP contribution in [0.25, 0.3) is 0 Å². The van der Waals surface area contributed by atoms with Crippen LogP contribution >= 0.6 is 0 Å². The first-order valence-electron chi connectivity index (χ1n) is 7.92. The largest absolute Gasteiger partial charge is 0.352 e. The van der Waals surface area contributed by atoms with E-state index in [0.717, 1.165) is 32.2 Å². The highest BCUT2D eigenvalue weighted by molar-refractivity contribution is 5.81. The predicted octanol–water partition coefficient (Wildman–Crippen LogP) is 1.52. The molecule has 5 nitrogen and oxygen atoms in total. The Kier molecular flexibility index (Phi) is 5.41. The van der Waals surface area contributed by atoms with E-state index in [-0.39, 0.29) is 18.0 Å². The lowest BCUT2D eigenvalue weighted by molar-refractivity contribution is -0.193. The summed E-state index contributed by atoms with van der Waals surface area (Å²) in [7, 11) is 0. The molecular weight excluding hydrogens is 256 g/mol. The Bertz CT molecular complexity index is 325. The van der Waals surface area contributed by atoms with Crippen LogP contribution in [0, 0.1) is 0 Å². The van der Waals surface area contributed by atoms with Crippen molar-refractivity contribution in [2.75, 3.05) is 26.3 Å². The summed E-state index contributed by atoms with van der Waals surface area (Å²) in [5.41, 5.74) is 0. The van der Waals surface area contributed by atoms with Crippen LogP contribution in [0.15, 0.2) is 0 Å². The zero-order valence-electron chi connectivity index (χ0n) is 13.0. The molecular formula is C15H28N2O3. The molecule has 2 heterocycles. The van der Waals surface area contributed by atoms with Crippen LogP contribution in [0.1, 0.15) is 46.5 Å². The van der Waals surface area contributed by atoms with Gasteiger partial charge in [-0.25, -0.2) is 0 Å². The highest BCUT2D eigenvalue weighted by atomic mass is 16.7. The second-order valence-electron chi connectivity index (χ2n) is 5.88. The number of nitrogens with one attached hydrogen (secondary N) is 1. The summed E-state index contributed by atoms with van der Waals surface area (Å²) in [5.74, 6) is -0.337. The maximum atomic E-state index is 12.3. The molecule has 2 aliphatic heterocycles. The molecule has 0 bridgehead atoms. The minimum absolute atomic E-state index is 0.119. The first-order chi connectivity index (χ1) is 9.60. The fourth-order valence-electron chi connectivity index (χ4n) is 3.06. The molecule has 0 aromatic heterocycles. The summed E-state index contributed by atoms with van der Waals surface area (Å²) < 4.78 is 11.5. The number of rotatable bonds is 5. The van der Waals surface area contributed by atoms with Crippen LogP contribution < -0.4 is 5.32 Å². The van der Waals surface area contributed by atoms with Gasteiger partial charge in [-0.1, -0.05) is 13.8 Å². The van der Waals surface area contributed by atoms with Crippen LogP contribution in [-0.4, -0.2) is 55.0 Å². The van der Waals surface area contributed by atoms with E-state index in [2.05, 4.69) is 24.1 Å². The zero-order valence-corrected chi connectivity index (χ0v) is 13.0. The molecule has 0 aromatic carbocycles. The smallest absolute Gasteiger partial charge is 0.237 e. The van der Waals surface area contributed by atoms with Gasteiger partial charge in [-0.2, -0.15) is 0 Å². The summed E-state index contributed by atoms with van der Waals surface area (Å²) in [6.45, 7) is 9.16. The first-order valence-corrected chi connectivity index (χ1v) is 7.92. The van der Waals surface area contributed by atoms with Crippen molar-refractivity contribution in [2.24, 2.45) is 0 Å². The third-order valence-corrected chi connectivity index (χ3v) is 4.52. The monoisotopic (exact) mass is 284 g/mol. The van der Waals surface area contributed by atoms with Crippen molar-refractivity contribution in [2.45, 2.75) is 64.3 Å². The summed E-state index contributed by atoms with van der Waals surface area (Å²) in [4.78, 5) is 14.5. The Morgan fingerprint density at radius 1 is 1.30 bits per heavy atom. The molecule has 1 spiro atoms. The number of hydrogen-bond donors (Lipinski definition) is 1. The molecule has 2 fully saturated rings. The van der Waals surface area contributed by atoms with Crippen molar-refractivity contribution in [1.29, 1.82) is 0 Å². The Hall–Kier alpha value is -0.650. The second kappa shape index (κ2) is 6.87. The molecule has 1 atom stereocenters. The molecule has 1 N–H and O–H groups in total. The lowest BCUT2D eigenvalue weighted by Gasteiger charge is -2.41. The van der Waals surface area contributed by atoms with Gasteiger partial charge >= 0.3 is 0 Å². The third kappa shape index (κ3) is 3.51. The van der Waals surface area contributed by atoms with Gasteiger partial charge < -0.3 is 14.8 Å². The van der Waals surface area contributed by atoms with E-state index in [1.165, 1.54) is 0 Å². The minimum atomic E-state index is -0.457. The molecule has 1 unspecified atom stereocenters. The van der Waals surface area contributed by atoms with Crippen molar-refractivity contribution in [3.63, 3.8) is 0 Å². The number of nitrogens with zero attached hydrogens (tertiary/aromatic N) is 1. The Balaban J connectivity index is 1.91. The SMILES string of the molecule is CCC(CC)NC(=O)C(C)N1CCCC2(C1)OCCO2. The average Bonchev–Trinajstić information content (AvgIpc) is 2.91. The number of carbonyl (C=O) groups is 1. The van der Waals surface area contributed by atoms with Crippen molar-refractivity contribution in [3.8, 4) is 0 Å². The van der Waals surface area contributed by atoms with Crippen LogP contribution in [-0.2, 0) is 14.3 Å². The summed E-state index contributed by atoms with van der Waals surface area (Å²) in [5, 5.41) is 3.13. The van der Waals surface area contributed by atoms with Gasteiger partial charge in [0.15, 0.2) is 5.79 Å². The lowest BCUT2D eigenvalue weighted by Crippen LogP contribution is -2.56. The van der Waals surface area contributed by atoms with Gasteiger partial charge in [0.25, 0.3) is 0 Å². The molecule has 0 aliphatic carbocycles. The van der Waals surface area contributed by atoms with Crippen LogP contribution in [0.5, 0.6) is 0 Å². The normalized spacial score (nSPS) is 24.2. The highest BCUT2D eigenvalue weighted by Gasteiger charge is 2.42. The third-order valence-electron chi connectivity index (χ3n) is 4.52. The quantitative estimate of drug-likeness (QED) is 0.831. The predicted molar refractivity (Wildman–Crippen MR) is 77.4 cm³/mol. The fourth-order valence-corrected chi connectivity index (χ4v) is 3.06. The van der Waals surface area contributed by atoms with Gasteiger partial charge in [0, 0.05) is 12.5 Å². The molecule has 116 valence electrons. The molecule has 2 saturated heterocycles. The highest BCUT2D eigenvalue weighted by Crippen LogP contribution is 2.30.